The van der Waals surface area contributed by atoms with Crippen LogP contribution in [0.5, 0.6) is 0 Å². The summed E-state index contributed by atoms with van der Waals surface area (Å²) in [5, 5.41) is 8.79. The molecule has 7 heteroatoms. The maximum Gasteiger partial charge on any atom is 0.167 e. The van der Waals surface area contributed by atoms with Gasteiger partial charge in [-0.25, -0.2) is 15.0 Å². The molecule has 0 fully saturated rings. The second kappa shape index (κ2) is 15.0. The zero-order chi connectivity index (χ0) is 45.9. The molecule has 0 aliphatic heterocycles. The predicted octanol–water partition coefficient (Wildman–Crippen LogP) is 16.5. The Morgan fingerprint density at radius 3 is 1.70 bits per heavy atom. The van der Waals surface area contributed by atoms with Crippen LogP contribution in [0, 0.1) is 0 Å². The molecular formula is C63H37N5O2. The first-order valence-corrected chi connectivity index (χ1v) is 23.5. The van der Waals surface area contributed by atoms with Gasteiger partial charge in [-0.1, -0.05) is 152 Å². The lowest BCUT2D eigenvalue weighted by atomic mass is 10.0. The number of rotatable bonds is 6. The topological polar surface area (TPSA) is 74.8 Å². The molecule has 5 aromatic heterocycles. The van der Waals surface area contributed by atoms with Gasteiger partial charge in [0.2, 0.25) is 0 Å². The number of para-hydroxylation sites is 6. The second-order valence-corrected chi connectivity index (χ2v) is 17.9. The van der Waals surface area contributed by atoms with E-state index in [1.165, 1.54) is 21.8 Å². The Kier molecular flexibility index (Phi) is 8.23. The molecule has 15 rings (SSSR count). The van der Waals surface area contributed by atoms with Gasteiger partial charge >= 0.3 is 0 Å². The minimum Gasteiger partial charge on any atom is -0.456 e. The van der Waals surface area contributed by atoms with Gasteiger partial charge < -0.3 is 18.0 Å². The summed E-state index contributed by atoms with van der Waals surface area (Å²) in [6.45, 7) is 0. The first-order chi connectivity index (χ1) is 34.7. The molecule has 0 saturated carbocycles. The Balaban J connectivity index is 0.893. The van der Waals surface area contributed by atoms with E-state index in [0.29, 0.717) is 17.5 Å². The Morgan fingerprint density at radius 1 is 0.300 bits per heavy atom. The average Bonchev–Trinajstić information content (AvgIpc) is 4.19. The molecule has 0 spiro atoms. The highest BCUT2D eigenvalue weighted by atomic mass is 16.3. The van der Waals surface area contributed by atoms with Crippen molar-refractivity contribution in [3.05, 3.63) is 224 Å². The summed E-state index contributed by atoms with van der Waals surface area (Å²) in [4.78, 5) is 15.6. The van der Waals surface area contributed by atoms with Gasteiger partial charge in [0.15, 0.2) is 17.5 Å². The third-order valence-electron chi connectivity index (χ3n) is 14.0. The number of hydrogen-bond acceptors (Lipinski definition) is 5. The second-order valence-electron chi connectivity index (χ2n) is 17.9. The molecule has 0 aliphatic rings. The molecular weight excluding hydrogens is 859 g/mol. The SMILES string of the molecule is c1ccc(-c2nc(-c3cccc4c3oc3ccccc34)nc(-c3cccc4c3c3ccccc3n4-c3ccc4c(c3)oc3cc(-c5cccc6c7ccccc7n(-c7ccccc7)c56)ccc34)n2)cc1. The van der Waals surface area contributed by atoms with Gasteiger partial charge in [0.05, 0.1) is 27.6 Å². The fourth-order valence-electron chi connectivity index (χ4n) is 10.9. The number of aromatic nitrogens is 5. The lowest BCUT2D eigenvalue weighted by Gasteiger charge is -2.11. The molecule has 10 aromatic carbocycles. The minimum absolute atomic E-state index is 0.544. The van der Waals surface area contributed by atoms with Crippen molar-refractivity contribution >= 4 is 87.5 Å². The van der Waals surface area contributed by atoms with Gasteiger partial charge in [-0.2, -0.15) is 0 Å². The van der Waals surface area contributed by atoms with E-state index in [2.05, 4.69) is 173 Å². The van der Waals surface area contributed by atoms with E-state index in [0.717, 1.165) is 105 Å². The zero-order valence-corrected chi connectivity index (χ0v) is 37.4. The fraction of sp³-hybridized carbons (Fsp3) is 0. The molecule has 0 aliphatic carbocycles. The molecule has 7 nitrogen and oxygen atoms in total. The van der Waals surface area contributed by atoms with E-state index in [9.17, 15) is 0 Å². The highest BCUT2D eigenvalue weighted by Crippen LogP contribution is 2.43. The van der Waals surface area contributed by atoms with Crippen molar-refractivity contribution in [2.45, 2.75) is 0 Å². The van der Waals surface area contributed by atoms with Crippen molar-refractivity contribution in [1.29, 1.82) is 0 Å². The van der Waals surface area contributed by atoms with Crippen molar-refractivity contribution in [3.63, 3.8) is 0 Å². The highest BCUT2D eigenvalue weighted by molar-refractivity contribution is 6.17. The van der Waals surface area contributed by atoms with Crippen LogP contribution in [0.15, 0.2) is 233 Å². The first-order valence-electron chi connectivity index (χ1n) is 23.5. The van der Waals surface area contributed by atoms with E-state index in [-0.39, 0.29) is 0 Å². The Hall–Kier alpha value is -9.59. The first kappa shape index (κ1) is 38.5. The van der Waals surface area contributed by atoms with Gasteiger partial charge in [0.25, 0.3) is 0 Å². The van der Waals surface area contributed by atoms with Crippen molar-refractivity contribution in [1.82, 2.24) is 24.1 Å². The van der Waals surface area contributed by atoms with Gasteiger partial charge in [-0.3, -0.25) is 0 Å². The van der Waals surface area contributed by atoms with Crippen LogP contribution in [0.3, 0.4) is 0 Å². The van der Waals surface area contributed by atoms with Crippen LogP contribution in [-0.4, -0.2) is 24.1 Å². The van der Waals surface area contributed by atoms with Gasteiger partial charge in [-0.05, 0) is 72.3 Å². The Morgan fingerprint density at radius 2 is 0.871 bits per heavy atom. The zero-order valence-electron chi connectivity index (χ0n) is 37.4. The van der Waals surface area contributed by atoms with E-state index < -0.39 is 0 Å². The maximum atomic E-state index is 6.86. The van der Waals surface area contributed by atoms with E-state index in [1.807, 2.05) is 60.7 Å². The molecule has 0 saturated heterocycles. The van der Waals surface area contributed by atoms with Crippen LogP contribution in [0.4, 0.5) is 0 Å². The van der Waals surface area contributed by atoms with E-state index >= 15 is 0 Å². The normalized spacial score (nSPS) is 12.0. The van der Waals surface area contributed by atoms with Crippen LogP contribution in [0.1, 0.15) is 0 Å². The van der Waals surface area contributed by atoms with Gasteiger partial charge in [0, 0.05) is 77.2 Å². The highest BCUT2D eigenvalue weighted by Gasteiger charge is 2.23. The molecule has 0 N–H and O–H groups in total. The molecule has 326 valence electrons. The summed E-state index contributed by atoms with van der Waals surface area (Å²) in [6, 6.07) is 78.5. The van der Waals surface area contributed by atoms with Gasteiger partial charge in [0.1, 0.15) is 22.3 Å². The number of nitrogens with zero attached hydrogens (tertiary/aromatic N) is 5. The number of fused-ring (bicyclic) bond motifs is 12. The summed E-state index contributed by atoms with van der Waals surface area (Å²) >= 11 is 0. The van der Waals surface area contributed by atoms with Crippen molar-refractivity contribution in [2.75, 3.05) is 0 Å². The summed E-state index contributed by atoms with van der Waals surface area (Å²) in [5.41, 5.74) is 14.6. The predicted molar refractivity (Wildman–Crippen MR) is 285 cm³/mol. The van der Waals surface area contributed by atoms with Crippen molar-refractivity contribution in [3.8, 4) is 56.7 Å². The molecule has 5 heterocycles. The molecule has 0 bridgehead atoms. The molecule has 0 radical (unpaired) electrons. The van der Waals surface area contributed by atoms with Crippen LogP contribution >= 0.6 is 0 Å². The molecule has 0 unspecified atom stereocenters. The number of furan rings is 2. The molecule has 70 heavy (non-hydrogen) atoms. The van der Waals surface area contributed by atoms with Crippen LogP contribution in [0.2, 0.25) is 0 Å². The van der Waals surface area contributed by atoms with Crippen LogP contribution in [-0.2, 0) is 0 Å². The van der Waals surface area contributed by atoms with Crippen LogP contribution in [0.25, 0.3) is 144 Å². The summed E-state index contributed by atoms with van der Waals surface area (Å²) < 4.78 is 18.1. The summed E-state index contributed by atoms with van der Waals surface area (Å²) in [6.07, 6.45) is 0. The van der Waals surface area contributed by atoms with Gasteiger partial charge in [-0.15, -0.1) is 0 Å². The van der Waals surface area contributed by atoms with E-state index in [4.69, 9.17) is 23.8 Å². The van der Waals surface area contributed by atoms with Crippen LogP contribution < -0.4 is 0 Å². The lowest BCUT2D eigenvalue weighted by molar-refractivity contribution is 0.668. The lowest BCUT2D eigenvalue weighted by Crippen LogP contribution is -2.00. The monoisotopic (exact) mass is 895 g/mol. The van der Waals surface area contributed by atoms with E-state index in [1.54, 1.807) is 0 Å². The third kappa shape index (κ3) is 5.72. The molecule has 0 atom stereocenters. The minimum atomic E-state index is 0.544. The quantitative estimate of drug-likeness (QED) is 0.166. The molecule has 15 aromatic rings. The standard InChI is InChI=1S/C63H37N5O2/c1-3-16-38(17-4-1)61-64-62(66-63(65-61)51-27-14-25-48-44-21-9-12-31-55(44)70-60(48)51)50-26-15-30-54-58(50)49-22-8-11-29-53(49)67(54)41-33-35-46-45-34-32-39(36-56(45)69-57(46)37-41)42-23-13-24-47-43-20-7-10-28-52(43)68(59(42)47)40-18-5-2-6-19-40/h1-37H. The number of benzene rings is 10. The maximum absolute atomic E-state index is 6.86. The largest absolute Gasteiger partial charge is 0.456 e. The fourth-order valence-corrected chi connectivity index (χ4v) is 10.9. The average molecular weight is 896 g/mol. The molecule has 0 amide bonds. The van der Waals surface area contributed by atoms with Crippen molar-refractivity contribution in [2.24, 2.45) is 0 Å². The third-order valence-corrected chi connectivity index (χ3v) is 14.0. The summed E-state index contributed by atoms with van der Waals surface area (Å²) in [5.74, 6) is 1.71. The van der Waals surface area contributed by atoms with Crippen molar-refractivity contribution < 1.29 is 8.83 Å². The number of hydrogen-bond donors (Lipinski definition) is 0. The Bertz CT molecular complexity index is 4600. The Labute approximate surface area is 399 Å². The smallest absolute Gasteiger partial charge is 0.167 e. The summed E-state index contributed by atoms with van der Waals surface area (Å²) in [7, 11) is 0.